The first-order chi connectivity index (χ1) is 38.9. The summed E-state index contributed by atoms with van der Waals surface area (Å²) in [6.07, 6.45) is 11.7. The molecule has 0 unspecified atom stereocenters. The first kappa shape index (κ1) is 56.8. The van der Waals surface area contributed by atoms with Gasteiger partial charge in [0.1, 0.15) is 16.9 Å². The summed E-state index contributed by atoms with van der Waals surface area (Å²) < 4.78 is 83.4. The third-order valence-corrected chi connectivity index (χ3v) is 13.8. The first-order valence-corrected chi connectivity index (χ1v) is 25.0. The number of furan rings is 2. The van der Waals surface area contributed by atoms with Crippen molar-refractivity contribution in [2.75, 3.05) is 37.6 Å². The van der Waals surface area contributed by atoms with E-state index in [2.05, 4.69) is 40.3 Å². The van der Waals surface area contributed by atoms with Gasteiger partial charge in [-0.2, -0.15) is 46.7 Å². The van der Waals surface area contributed by atoms with E-state index in [1.54, 1.807) is 60.4 Å². The zero-order chi connectivity index (χ0) is 58.9. The van der Waals surface area contributed by atoms with Gasteiger partial charge in [0, 0.05) is 135 Å². The minimum atomic E-state index is -5.08. The Morgan fingerprint density at radius 1 is 0.598 bits per heavy atom. The summed E-state index contributed by atoms with van der Waals surface area (Å²) >= 11 is 0. The average Bonchev–Trinajstić information content (AvgIpc) is 3.65. The molecule has 2 amide bonds. The van der Waals surface area contributed by atoms with Crippen molar-refractivity contribution in [3.63, 3.8) is 0 Å². The van der Waals surface area contributed by atoms with Crippen LogP contribution < -0.4 is 11.5 Å². The second-order valence-corrected chi connectivity index (χ2v) is 19.0. The number of likely N-dealkylation sites (tertiary alicyclic amines) is 2. The number of aliphatic carboxylic acids is 2. The van der Waals surface area contributed by atoms with Crippen LogP contribution in [0.15, 0.2) is 95.1 Å². The van der Waals surface area contributed by atoms with Crippen LogP contribution in [0.25, 0.3) is 88.9 Å². The van der Waals surface area contributed by atoms with Crippen molar-refractivity contribution in [1.82, 2.24) is 68.9 Å². The van der Waals surface area contributed by atoms with Gasteiger partial charge in [-0.25, -0.2) is 19.6 Å². The summed E-state index contributed by atoms with van der Waals surface area (Å²) in [7, 11) is 3.76. The van der Waals surface area contributed by atoms with Crippen LogP contribution >= 0.6 is 0 Å². The number of carbonyl (C=O) groups is 4. The number of nitrogens with two attached hydrogens (primary N) is 2. The molecular weight excluding hydrogens is 1090 g/mol. The summed E-state index contributed by atoms with van der Waals surface area (Å²) in [5.41, 5.74) is 20.4. The van der Waals surface area contributed by atoms with E-state index >= 15 is 0 Å². The molecule has 0 spiro atoms. The van der Waals surface area contributed by atoms with Crippen molar-refractivity contribution in [3.05, 3.63) is 86.2 Å². The number of alkyl halides is 6. The highest BCUT2D eigenvalue weighted by atomic mass is 19.4. The van der Waals surface area contributed by atoms with Crippen LogP contribution in [0.1, 0.15) is 51.6 Å². The number of carboxylic acid groups (broad SMARTS) is 2. The molecular formula is C52H50F6N16O8. The van der Waals surface area contributed by atoms with Gasteiger partial charge in [0.05, 0.1) is 42.4 Å². The highest BCUT2D eigenvalue weighted by Crippen LogP contribution is 2.41. The summed E-state index contributed by atoms with van der Waals surface area (Å²) in [4.78, 5) is 61.9. The highest BCUT2D eigenvalue weighted by molar-refractivity contribution is 6.03. The number of piperidine rings is 2. The number of carbonyl (C=O) groups excluding carboxylic acids is 2. The second kappa shape index (κ2) is 22.7. The molecule has 0 aliphatic carbocycles. The molecule has 0 bridgehead atoms. The maximum Gasteiger partial charge on any atom is 0.490 e. The van der Waals surface area contributed by atoms with Crippen molar-refractivity contribution in [1.29, 1.82) is 0 Å². The monoisotopic (exact) mass is 1140 g/mol. The Labute approximate surface area is 458 Å². The number of halogens is 6. The number of pyridine rings is 4. The van der Waals surface area contributed by atoms with Crippen molar-refractivity contribution < 1.29 is 64.6 Å². The SMILES string of the molecule is CC(=O)N1CCC(n2cc(-c3cnc(N)c4oc(-c5c6ccncc6nn5C)cc34)cn2)CC1.CC(=O)N1CCC(n2cc(-c3cnc(N)c4oc(-c5nn(C)c6cnccc56)cc34)cn2)CC1.O=C(O)C(F)(F)F.O=C(O)C(F)(F)F. The standard InChI is InChI=1S/2C24H24N8O2.2C2HF3O2/c1-14(33)31-7-4-16(5-8-31)32-13-15(10-28-32)19-11-27-24(25)23-18(19)9-21(34-23)22-17-3-6-26-12-20(17)30(2)29-22;1-14(33)31-7-4-16(5-8-31)32-13-15(10-28-32)19-11-27-24(25)23-18(19)9-21(34-23)22-17-3-6-26-12-20(17)29-30(22)2;2*3-2(4,5)1(6)7/h2*3,6,9-13,16H,4-5,7-8H2,1-2H3,(H2,25,27);2*(H,6,7). The van der Waals surface area contributed by atoms with Gasteiger partial charge >= 0.3 is 24.3 Å². The molecule has 12 rings (SSSR count). The molecule has 0 atom stereocenters. The molecule has 30 heteroatoms. The minimum Gasteiger partial charge on any atom is -0.475 e. The molecule has 428 valence electrons. The quantitative estimate of drug-likeness (QED) is 0.114. The van der Waals surface area contributed by atoms with E-state index in [1.807, 2.05) is 82.3 Å². The van der Waals surface area contributed by atoms with Crippen molar-refractivity contribution >= 4 is 79.1 Å². The number of aryl methyl sites for hydroxylation is 2. The smallest absolute Gasteiger partial charge is 0.475 e. The van der Waals surface area contributed by atoms with E-state index in [4.69, 9.17) is 40.1 Å². The Hall–Kier alpha value is -9.90. The summed E-state index contributed by atoms with van der Waals surface area (Å²) in [5.74, 6) is -3.31. The fourth-order valence-corrected chi connectivity index (χ4v) is 9.65. The van der Waals surface area contributed by atoms with Crippen molar-refractivity contribution in [3.8, 4) is 45.2 Å². The Morgan fingerprint density at radius 3 is 1.50 bits per heavy atom. The zero-order valence-corrected chi connectivity index (χ0v) is 43.9. The van der Waals surface area contributed by atoms with E-state index in [-0.39, 0.29) is 23.9 Å². The van der Waals surface area contributed by atoms with Crippen LogP contribution in [0.4, 0.5) is 38.0 Å². The number of hydrogen-bond donors (Lipinski definition) is 4. The van der Waals surface area contributed by atoms with Gasteiger partial charge in [-0.1, -0.05) is 0 Å². The van der Waals surface area contributed by atoms with Gasteiger partial charge in [-0.15, -0.1) is 0 Å². The fourth-order valence-electron chi connectivity index (χ4n) is 9.65. The number of anilines is 2. The Balaban J connectivity index is 0.000000161. The lowest BCUT2D eigenvalue weighted by Crippen LogP contribution is -2.37. The minimum absolute atomic E-state index is 0.127. The maximum atomic E-state index is 11.6. The number of carboxylic acids is 2. The van der Waals surface area contributed by atoms with Crippen LogP contribution in [-0.4, -0.2) is 141 Å². The lowest BCUT2D eigenvalue weighted by molar-refractivity contribution is -0.193. The van der Waals surface area contributed by atoms with Crippen molar-refractivity contribution in [2.24, 2.45) is 14.1 Å². The summed E-state index contributed by atoms with van der Waals surface area (Å²) in [6, 6.07) is 8.32. The number of rotatable bonds is 6. The maximum absolute atomic E-state index is 11.6. The Kier molecular flexibility index (Phi) is 15.7. The van der Waals surface area contributed by atoms with Crippen molar-refractivity contribution in [2.45, 2.75) is 64.0 Å². The van der Waals surface area contributed by atoms with Gasteiger partial charge in [0.15, 0.2) is 34.3 Å². The van der Waals surface area contributed by atoms with Gasteiger partial charge in [-0.05, 0) is 49.9 Å². The summed E-state index contributed by atoms with van der Waals surface area (Å²) in [6.45, 7) is 6.25. The van der Waals surface area contributed by atoms with Crippen LogP contribution in [0.2, 0.25) is 0 Å². The molecule has 2 aliphatic rings. The summed E-state index contributed by atoms with van der Waals surface area (Å²) in [5, 5.41) is 36.3. The van der Waals surface area contributed by atoms with Crippen LogP contribution in [0.3, 0.4) is 0 Å². The van der Waals surface area contributed by atoms with Crippen LogP contribution in [0.5, 0.6) is 0 Å². The third kappa shape index (κ3) is 11.8. The first-order valence-electron chi connectivity index (χ1n) is 25.0. The number of amides is 2. The average molecular weight is 1140 g/mol. The molecule has 2 fully saturated rings. The molecule has 24 nitrogen and oxygen atoms in total. The predicted octanol–water partition coefficient (Wildman–Crippen LogP) is 8.08. The number of nitrogens with zero attached hydrogens (tertiary/aromatic N) is 14. The lowest BCUT2D eigenvalue weighted by atomic mass is 10.0. The molecule has 82 heavy (non-hydrogen) atoms. The van der Waals surface area contributed by atoms with E-state index in [0.717, 1.165) is 118 Å². The van der Waals surface area contributed by atoms with Crippen LogP contribution in [0, 0.1) is 0 Å². The third-order valence-electron chi connectivity index (χ3n) is 13.8. The van der Waals surface area contributed by atoms with Gasteiger partial charge < -0.3 is 40.3 Å². The predicted molar refractivity (Wildman–Crippen MR) is 283 cm³/mol. The lowest BCUT2D eigenvalue weighted by Gasteiger charge is -2.31. The van der Waals surface area contributed by atoms with E-state index in [1.165, 1.54) is 0 Å². The molecule has 10 aromatic heterocycles. The Bertz CT molecular complexity index is 3980. The number of aromatic nitrogens is 12. The fraction of sp³-hybridized carbons (Fsp3) is 0.308. The van der Waals surface area contributed by atoms with Gasteiger partial charge in [0.2, 0.25) is 11.8 Å². The van der Waals surface area contributed by atoms with Gasteiger partial charge in [0.25, 0.3) is 0 Å². The zero-order valence-electron chi connectivity index (χ0n) is 43.9. The molecule has 2 saturated heterocycles. The van der Waals surface area contributed by atoms with Gasteiger partial charge in [-0.3, -0.25) is 38.3 Å². The molecule has 0 radical (unpaired) electrons. The molecule has 0 saturated carbocycles. The molecule has 6 N–H and O–H groups in total. The molecule has 10 aromatic rings. The number of nitrogen functional groups attached to an aromatic ring is 2. The molecule has 0 aromatic carbocycles. The normalized spacial score (nSPS) is 14.3. The van der Waals surface area contributed by atoms with E-state index in [0.29, 0.717) is 34.3 Å². The molecule has 2 aliphatic heterocycles. The van der Waals surface area contributed by atoms with E-state index < -0.39 is 24.3 Å². The topological polar surface area (TPSA) is 316 Å². The second-order valence-electron chi connectivity index (χ2n) is 19.0. The highest BCUT2D eigenvalue weighted by Gasteiger charge is 2.39. The largest absolute Gasteiger partial charge is 0.490 e. The van der Waals surface area contributed by atoms with Crippen LogP contribution in [-0.2, 0) is 33.3 Å². The Morgan fingerprint density at radius 2 is 1.04 bits per heavy atom. The molecule has 12 heterocycles. The van der Waals surface area contributed by atoms with E-state index in [9.17, 15) is 35.9 Å². The number of hydrogen-bond acceptors (Lipinski definition) is 16. The number of fused-ring (bicyclic) bond motifs is 4.